The Kier molecular flexibility index (Phi) is 3.71. The number of aromatic nitrogens is 2. The number of piperidine rings is 1. The van der Waals surface area contributed by atoms with Crippen molar-refractivity contribution in [1.29, 1.82) is 0 Å². The first kappa shape index (κ1) is 12.0. The van der Waals surface area contributed by atoms with E-state index in [9.17, 15) is 4.79 Å². The Morgan fingerprint density at radius 1 is 1.24 bits per heavy atom. The maximum Gasteiger partial charge on any atom is 0.228 e. The number of rotatable bonds is 2. The maximum atomic E-state index is 12.1. The molecule has 0 atom stereocenters. The number of aryl methyl sites for hydroxylation is 2. The van der Waals surface area contributed by atoms with Gasteiger partial charge in [0.1, 0.15) is 5.82 Å². The van der Waals surface area contributed by atoms with E-state index in [4.69, 9.17) is 0 Å². The van der Waals surface area contributed by atoms with Gasteiger partial charge in [-0.15, -0.1) is 0 Å². The van der Waals surface area contributed by atoms with Crippen molar-refractivity contribution in [2.45, 2.75) is 39.5 Å². The van der Waals surface area contributed by atoms with Crippen LogP contribution in [0.3, 0.4) is 0 Å². The molecule has 0 spiro atoms. The van der Waals surface area contributed by atoms with E-state index in [2.05, 4.69) is 9.97 Å². The highest BCUT2D eigenvalue weighted by molar-refractivity contribution is 5.78. The molecule has 0 radical (unpaired) electrons. The third-order valence-electron chi connectivity index (χ3n) is 3.06. The van der Waals surface area contributed by atoms with Crippen LogP contribution < -0.4 is 0 Å². The average Bonchev–Trinajstić information content (AvgIpc) is 2.28. The van der Waals surface area contributed by atoms with Crippen LogP contribution in [0.4, 0.5) is 0 Å². The molecule has 1 aliphatic rings. The second-order valence-electron chi connectivity index (χ2n) is 4.67. The number of carbonyl (C=O) groups is 1. The number of amides is 1. The van der Waals surface area contributed by atoms with E-state index in [0.717, 1.165) is 43.1 Å². The lowest BCUT2D eigenvalue weighted by Gasteiger charge is -2.26. The first-order chi connectivity index (χ1) is 8.15. The van der Waals surface area contributed by atoms with Crippen LogP contribution in [0.1, 0.15) is 36.5 Å². The van der Waals surface area contributed by atoms with Gasteiger partial charge >= 0.3 is 0 Å². The van der Waals surface area contributed by atoms with Gasteiger partial charge in [-0.3, -0.25) is 4.79 Å². The summed E-state index contributed by atoms with van der Waals surface area (Å²) >= 11 is 0. The molecule has 1 aromatic rings. The van der Waals surface area contributed by atoms with Crippen LogP contribution in [0.25, 0.3) is 0 Å². The van der Waals surface area contributed by atoms with E-state index >= 15 is 0 Å². The van der Waals surface area contributed by atoms with Crippen LogP contribution in [0.5, 0.6) is 0 Å². The van der Waals surface area contributed by atoms with Gasteiger partial charge in [-0.05, 0) is 39.2 Å². The fourth-order valence-corrected chi connectivity index (χ4v) is 2.29. The molecule has 0 saturated carbocycles. The highest BCUT2D eigenvalue weighted by atomic mass is 16.2. The minimum absolute atomic E-state index is 0.196. The number of carbonyl (C=O) groups excluding carboxylic acids is 1. The van der Waals surface area contributed by atoms with Gasteiger partial charge in [0.05, 0.1) is 12.1 Å². The van der Waals surface area contributed by atoms with E-state index in [1.807, 2.05) is 24.8 Å². The molecule has 92 valence electrons. The monoisotopic (exact) mass is 233 g/mol. The van der Waals surface area contributed by atoms with Gasteiger partial charge in [0.15, 0.2) is 0 Å². The quantitative estimate of drug-likeness (QED) is 0.780. The van der Waals surface area contributed by atoms with Crippen LogP contribution in [-0.4, -0.2) is 33.9 Å². The maximum absolute atomic E-state index is 12.1. The van der Waals surface area contributed by atoms with Crippen molar-refractivity contribution in [3.8, 4) is 0 Å². The molecule has 1 fully saturated rings. The zero-order valence-electron chi connectivity index (χ0n) is 10.6. The lowest BCUT2D eigenvalue weighted by molar-refractivity contribution is -0.131. The normalized spacial score (nSPS) is 16.0. The van der Waals surface area contributed by atoms with Gasteiger partial charge in [-0.25, -0.2) is 9.97 Å². The lowest BCUT2D eigenvalue weighted by Crippen LogP contribution is -2.36. The number of hydrogen-bond donors (Lipinski definition) is 0. The van der Waals surface area contributed by atoms with Crippen LogP contribution >= 0.6 is 0 Å². The smallest absolute Gasteiger partial charge is 0.228 e. The molecule has 0 bridgehead atoms. The number of likely N-dealkylation sites (tertiary alicyclic amines) is 1. The highest BCUT2D eigenvalue weighted by Gasteiger charge is 2.17. The Morgan fingerprint density at radius 3 is 2.59 bits per heavy atom. The van der Waals surface area contributed by atoms with Crippen molar-refractivity contribution in [2.24, 2.45) is 0 Å². The zero-order valence-corrected chi connectivity index (χ0v) is 10.6. The second kappa shape index (κ2) is 5.25. The predicted molar refractivity (Wildman–Crippen MR) is 65.6 cm³/mol. The largest absolute Gasteiger partial charge is 0.342 e. The molecule has 0 aromatic carbocycles. The molecular weight excluding hydrogens is 214 g/mol. The Bertz CT molecular complexity index is 391. The Balaban J connectivity index is 2.01. The summed E-state index contributed by atoms with van der Waals surface area (Å²) in [4.78, 5) is 22.5. The summed E-state index contributed by atoms with van der Waals surface area (Å²) < 4.78 is 0. The van der Waals surface area contributed by atoms with Crippen molar-refractivity contribution < 1.29 is 4.79 Å². The molecule has 0 unspecified atom stereocenters. The molecule has 1 amide bonds. The molecule has 2 heterocycles. The average molecular weight is 233 g/mol. The summed E-state index contributed by atoms with van der Waals surface area (Å²) in [6, 6.07) is 1.90. The minimum Gasteiger partial charge on any atom is -0.342 e. The summed E-state index contributed by atoms with van der Waals surface area (Å²) in [6.07, 6.45) is 3.92. The van der Waals surface area contributed by atoms with Crippen molar-refractivity contribution in [2.75, 3.05) is 13.1 Å². The van der Waals surface area contributed by atoms with Gasteiger partial charge in [0.2, 0.25) is 5.91 Å². The highest BCUT2D eigenvalue weighted by Crippen LogP contribution is 2.11. The number of hydrogen-bond acceptors (Lipinski definition) is 3. The van der Waals surface area contributed by atoms with Crippen LogP contribution in [0.2, 0.25) is 0 Å². The van der Waals surface area contributed by atoms with Crippen LogP contribution in [-0.2, 0) is 11.2 Å². The summed E-state index contributed by atoms with van der Waals surface area (Å²) in [5, 5.41) is 0. The SMILES string of the molecule is Cc1cc(CC(=O)N2CCCCC2)nc(C)n1. The van der Waals surface area contributed by atoms with E-state index in [1.54, 1.807) is 0 Å². The molecule has 1 aliphatic heterocycles. The topological polar surface area (TPSA) is 46.1 Å². The van der Waals surface area contributed by atoms with Gasteiger partial charge < -0.3 is 4.90 Å². The summed E-state index contributed by atoms with van der Waals surface area (Å²) in [7, 11) is 0. The zero-order chi connectivity index (χ0) is 12.3. The predicted octanol–water partition coefficient (Wildman–Crippen LogP) is 1.65. The third-order valence-corrected chi connectivity index (χ3v) is 3.06. The first-order valence-corrected chi connectivity index (χ1v) is 6.24. The molecule has 2 rings (SSSR count). The van der Waals surface area contributed by atoms with E-state index in [0.29, 0.717) is 6.42 Å². The third kappa shape index (κ3) is 3.25. The molecule has 1 saturated heterocycles. The lowest BCUT2D eigenvalue weighted by atomic mass is 10.1. The molecule has 1 aromatic heterocycles. The van der Waals surface area contributed by atoms with E-state index in [-0.39, 0.29) is 5.91 Å². The second-order valence-corrected chi connectivity index (χ2v) is 4.67. The fraction of sp³-hybridized carbons (Fsp3) is 0.615. The van der Waals surface area contributed by atoms with Crippen LogP contribution in [0.15, 0.2) is 6.07 Å². The van der Waals surface area contributed by atoms with Crippen LogP contribution in [0, 0.1) is 13.8 Å². The van der Waals surface area contributed by atoms with Gasteiger partial charge in [0.25, 0.3) is 0 Å². The molecule has 0 N–H and O–H groups in total. The fourth-order valence-electron chi connectivity index (χ4n) is 2.29. The first-order valence-electron chi connectivity index (χ1n) is 6.24. The van der Waals surface area contributed by atoms with E-state index in [1.165, 1.54) is 6.42 Å². The van der Waals surface area contributed by atoms with Crippen molar-refractivity contribution in [1.82, 2.24) is 14.9 Å². The Hall–Kier alpha value is -1.45. The summed E-state index contributed by atoms with van der Waals surface area (Å²) in [5.74, 6) is 0.939. The summed E-state index contributed by atoms with van der Waals surface area (Å²) in [5.41, 5.74) is 1.77. The van der Waals surface area contributed by atoms with Crippen molar-refractivity contribution in [3.63, 3.8) is 0 Å². The molecule has 4 nitrogen and oxygen atoms in total. The van der Waals surface area contributed by atoms with Gasteiger partial charge in [-0.1, -0.05) is 0 Å². The van der Waals surface area contributed by atoms with Crippen molar-refractivity contribution in [3.05, 3.63) is 23.3 Å². The standard InChI is InChI=1S/C13H19N3O/c1-10-8-12(15-11(2)14-10)9-13(17)16-6-4-3-5-7-16/h8H,3-7,9H2,1-2H3. The molecule has 17 heavy (non-hydrogen) atoms. The molecular formula is C13H19N3O. The number of nitrogens with zero attached hydrogens (tertiary/aromatic N) is 3. The molecule has 0 aliphatic carbocycles. The Morgan fingerprint density at radius 2 is 1.94 bits per heavy atom. The summed E-state index contributed by atoms with van der Waals surface area (Å²) in [6.45, 7) is 5.61. The van der Waals surface area contributed by atoms with Gasteiger partial charge in [-0.2, -0.15) is 0 Å². The van der Waals surface area contributed by atoms with Crippen molar-refractivity contribution >= 4 is 5.91 Å². The molecule has 4 heteroatoms. The Labute approximate surface area is 102 Å². The van der Waals surface area contributed by atoms with Gasteiger partial charge in [0, 0.05) is 18.8 Å². The minimum atomic E-state index is 0.196. The van der Waals surface area contributed by atoms with E-state index < -0.39 is 0 Å².